The predicted molar refractivity (Wildman–Crippen MR) is 110 cm³/mol. The van der Waals surface area contributed by atoms with E-state index in [1.165, 1.54) is 4.90 Å². The van der Waals surface area contributed by atoms with E-state index in [-0.39, 0.29) is 18.6 Å². The van der Waals surface area contributed by atoms with Gasteiger partial charge in [0.25, 0.3) is 5.91 Å². The lowest BCUT2D eigenvalue weighted by molar-refractivity contribution is -0.901. The minimum atomic E-state index is -1.03. The zero-order chi connectivity index (χ0) is 20.6. The van der Waals surface area contributed by atoms with E-state index in [4.69, 9.17) is 4.42 Å². The topological polar surface area (TPSA) is 67.0 Å². The molecule has 3 aromatic rings. The number of hydrogen-bond acceptors (Lipinski definition) is 3. The second-order valence-corrected chi connectivity index (χ2v) is 7.80. The smallest absolute Gasteiger partial charge is 0.329 e. The number of imide groups is 1. The SMILES string of the molecule is CCc1oc2ccccc2c1C[NH+](C)CN1C(=O)N[C@@](C)(c2ccccc2)C1=O. The summed E-state index contributed by atoms with van der Waals surface area (Å²) in [5.41, 5.74) is 1.76. The van der Waals surface area contributed by atoms with Gasteiger partial charge in [0.2, 0.25) is 0 Å². The van der Waals surface area contributed by atoms with Crippen molar-refractivity contribution in [2.45, 2.75) is 32.4 Å². The first kappa shape index (κ1) is 19.2. The fraction of sp³-hybridized carbons (Fsp3) is 0.304. The predicted octanol–water partition coefficient (Wildman–Crippen LogP) is 2.43. The number of benzene rings is 2. The lowest BCUT2D eigenvalue weighted by Crippen LogP contribution is -3.09. The number of para-hydroxylation sites is 1. The molecule has 0 aliphatic carbocycles. The highest BCUT2D eigenvalue weighted by Gasteiger charge is 2.49. The van der Waals surface area contributed by atoms with E-state index in [1.54, 1.807) is 6.92 Å². The van der Waals surface area contributed by atoms with Gasteiger partial charge in [0.15, 0.2) is 6.67 Å². The van der Waals surface area contributed by atoms with Crippen molar-refractivity contribution in [3.8, 4) is 0 Å². The first-order chi connectivity index (χ1) is 13.9. The number of rotatable bonds is 6. The average Bonchev–Trinajstić information content (AvgIpc) is 3.19. The Hall–Kier alpha value is -3.12. The van der Waals surface area contributed by atoms with E-state index in [0.717, 1.165) is 39.2 Å². The molecule has 2 N–H and O–H groups in total. The van der Waals surface area contributed by atoms with Crippen LogP contribution in [0.4, 0.5) is 4.79 Å². The van der Waals surface area contributed by atoms with Gasteiger partial charge in [-0.2, -0.15) is 0 Å². The van der Waals surface area contributed by atoms with Gasteiger partial charge in [-0.3, -0.25) is 4.79 Å². The first-order valence-corrected chi connectivity index (χ1v) is 9.94. The number of carbonyl (C=O) groups excluding carboxylic acids is 2. The standard InChI is InChI=1S/C23H25N3O3/c1-4-19-18(17-12-8-9-13-20(17)29-19)14-25(3)15-26-21(27)23(2,24-22(26)28)16-10-6-5-7-11-16/h5-13H,4,14-15H2,1-3H3,(H,24,28)/p+1/t23-/m0/s1. The van der Waals surface area contributed by atoms with Crippen molar-refractivity contribution in [3.63, 3.8) is 0 Å². The molecular weight excluding hydrogens is 366 g/mol. The molecule has 0 bridgehead atoms. The monoisotopic (exact) mass is 392 g/mol. The van der Waals surface area contributed by atoms with E-state index in [0.29, 0.717) is 6.54 Å². The number of amides is 3. The molecule has 2 aromatic carbocycles. The van der Waals surface area contributed by atoms with Crippen molar-refractivity contribution in [1.29, 1.82) is 0 Å². The van der Waals surface area contributed by atoms with E-state index in [1.807, 2.05) is 55.6 Å². The number of carbonyl (C=O) groups is 2. The second-order valence-electron chi connectivity index (χ2n) is 7.80. The van der Waals surface area contributed by atoms with Gasteiger partial charge in [0, 0.05) is 11.8 Å². The molecule has 1 saturated heterocycles. The number of urea groups is 1. The molecule has 0 saturated carbocycles. The maximum absolute atomic E-state index is 13.1. The van der Waals surface area contributed by atoms with Gasteiger partial charge in [-0.15, -0.1) is 0 Å². The summed E-state index contributed by atoms with van der Waals surface area (Å²) in [6, 6.07) is 17.0. The van der Waals surface area contributed by atoms with Gasteiger partial charge in [-0.1, -0.05) is 55.5 Å². The largest absolute Gasteiger partial charge is 0.461 e. The van der Waals surface area contributed by atoms with E-state index in [9.17, 15) is 9.59 Å². The van der Waals surface area contributed by atoms with Crippen molar-refractivity contribution in [2.75, 3.05) is 13.7 Å². The Kier molecular flexibility index (Phi) is 4.88. The molecule has 4 rings (SSSR count). The number of aryl methyl sites for hydroxylation is 1. The number of nitrogens with zero attached hydrogens (tertiary/aromatic N) is 1. The molecule has 1 aliphatic heterocycles. The number of quaternary nitrogens is 1. The van der Waals surface area contributed by atoms with Crippen LogP contribution in [0, 0.1) is 0 Å². The van der Waals surface area contributed by atoms with Gasteiger partial charge in [0.1, 0.15) is 23.4 Å². The maximum Gasteiger partial charge on any atom is 0.329 e. The van der Waals surface area contributed by atoms with Crippen molar-refractivity contribution in [2.24, 2.45) is 0 Å². The average molecular weight is 392 g/mol. The fourth-order valence-electron chi connectivity index (χ4n) is 4.06. The third kappa shape index (κ3) is 3.29. The zero-order valence-electron chi connectivity index (χ0n) is 17.0. The fourth-order valence-corrected chi connectivity index (χ4v) is 4.06. The molecule has 6 heteroatoms. The minimum Gasteiger partial charge on any atom is -0.461 e. The molecule has 2 heterocycles. The van der Waals surface area contributed by atoms with Crippen molar-refractivity contribution >= 4 is 22.9 Å². The first-order valence-electron chi connectivity index (χ1n) is 9.94. The van der Waals surface area contributed by atoms with Crippen LogP contribution in [0.1, 0.15) is 30.7 Å². The van der Waals surface area contributed by atoms with Gasteiger partial charge in [-0.25, -0.2) is 9.69 Å². The van der Waals surface area contributed by atoms with Gasteiger partial charge in [-0.05, 0) is 18.6 Å². The molecule has 1 unspecified atom stereocenters. The Labute approximate surface area is 170 Å². The summed E-state index contributed by atoms with van der Waals surface area (Å²) in [5.74, 6) is 0.734. The van der Waals surface area contributed by atoms with Crippen LogP contribution in [-0.2, 0) is 23.3 Å². The van der Waals surface area contributed by atoms with Gasteiger partial charge >= 0.3 is 6.03 Å². The molecule has 1 aromatic heterocycles. The molecule has 0 spiro atoms. The van der Waals surface area contributed by atoms with E-state index in [2.05, 4.69) is 18.3 Å². The Morgan fingerprint density at radius 1 is 1.07 bits per heavy atom. The molecule has 0 radical (unpaired) electrons. The summed E-state index contributed by atoms with van der Waals surface area (Å²) in [7, 11) is 1.99. The van der Waals surface area contributed by atoms with Crippen molar-refractivity contribution < 1.29 is 18.9 Å². The van der Waals surface area contributed by atoms with Gasteiger partial charge in [0.05, 0.1) is 12.6 Å². The molecule has 29 heavy (non-hydrogen) atoms. The Bertz CT molecular complexity index is 1060. The van der Waals surface area contributed by atoms with Crippen molar-refractivity contribution in [1.82, 2.24) is 10.2 Å². The summed E-state index contributed by atoms with van der Waals surface area (Å²) in [6.45, 7) is 4.78. The molecule has 3 amide bonds. The third-order valence-corrected chi connectivity index (χ3v) is 5.64. The van der Waals surface area contributed by atoms with Crippen LogP contribution in [-0.4, -0.2) is 30.6 Å². The van der Waals surface area contributed by atoms with Crippen LogP contribution in [0.5, 0.6) is 0 Å². The van der Waals surface area contributed by atoms with Crippen LogP contribution < -0.4 is 10.2 Å². The number of furan rings is 1. The number of nitrogens with one attached hydrogen (secondary N) is 2. The van der Waals surface area contributed by atoms with Crippen LogP contribution in [0.15, 0.2) is 59.0 Å². The Morgan fingerprint density at radius 2 is 1.76 bits per heavy atom. The summed E-state index contributed by atoms with van der Waals surface area (Å²) >= 11 is 0. The van der Waals surface area contributed by atoms with Crippen LogP contribution in [0.2, 0.25) is 0 Å². The minimum absolute atomic E-state index is 0.221. The summed E-state index contributed by atoms with van der Waals surface area (Å²) in [6.07, 6.45) is 0.798. The summed E-state index contributed by atoms with van der Waals surface area (Å²) in [4.78, 5) is 28.1. The number of fused-ring (bicyclic) bond motifs is 1. The molecule has 150 valence electrons. The summed E-state index contributed by atoms with van der Waals surface area (Å²) < 4.78 is 5.98. The highest BCUT2D eigenvalue weighted by atomic mass is 16.3. The Balaban J connectivity index is 1.54. The van der Waals surface area contributed by atoms with Crippen LogP contribution in [0.3, 0.4) is 0 Å². The summed E-state index contributed by atoms with van der Waals surface area (Å²) in [5, 5.41) is 3.96. The van der Waals surface area contributed by atoms with Crippen LogP contribution in [0.25, 0.3) is 11.0 Å². The lowest BCUT2D eigenvalue weighted by atomic mass is 9.92. The quantitative estimate of drug-likeness (QED) is 0.633. The number of hydrogen-bond donors (Lipinski definition) is 2. The molecule has 1 aliphatic rings. The van der Waals surface area contributed by atoms with Crippen LogP contribution >= 0.6 is 0 Å². The Morgan fingerprint density at radius 3 is 2.48 bits per heavy atom. The van der Waals surface area contributed by atoms with E-state index < -0.39 is 5.54 Å². The lowest BCUT2D eigenvalue weighted by Gasteiger charge is -2.23. The third-order valence-electron chi connectivity index (χ3n) is 5.64. The highest BCUT2D eigenvalue weighted by Crippen LogP contribution is 2.28. The molecule has 2 atom stereocenters. The normalized spacial score (nSPS) is 20.3. The van der Waals surface area contributed by atoms with Gasteiger partial charge < -0.3 is 14.6 Å². The maximum atomic E-state index is 13.1. The second kappa shape index (κ2) is 7.37. The molecular formula is C23H26N3O3+. The molecule has 1 fully saturated rings. The molecule has 6 nitrogen and oxygen atoms in total. The van der Waals surface area contributed by atoms with E-state index >= 15 is 0 Å². The van der Waals surface area contributed by atoms with Crippen molar-refractivity contribution in [3.05, 3.63) is 71.5 Å². The zero-order valence-corrected chi connectivity index (χ0v) is 17.0. The highest BCUT2D eigenvalue weighted by molar-refractivity contribution is 6.07.